The molecule has 128 valence electrons. The minimum absolute atomic E-state index is 0.00829. The van der Waals surface area contributed by atoms with Crippen LogP contribution in [-0.2, 0) is 16.9 Å². The van der Waals surface area contributed by atoms with Crippen LogP contribution >= 0.6 is 0 Å². The number of hydrogen-bond acceptors (Lipinski definition) is 6. The van der Waals surface area contributed by atoms with Crippen LogP contribution in [0.2, 0.25) is 0 Å². The molecule has 0 fully saturated rings. The molecule has 6 heteroatoms. The lowest BCUT2D eigenvalue weighted by Gasteiger charge is -2.38. The third kappa shape index (κ3) is 3.06. The van der Waals surface area contributed by atoms with Gasteiger partial charge in [0, 0.05) is 12.5 Å². The summed E-state index contributed by atoms with van der Waals surface area (Å²) in [5.74, 6) is -0.195. The Kier molecular flexibility index (Phi) is 4.98. The maximum atomic E-state index is 11.8. The molecule has 1 aromatic heterocycles. The van der Waals surface area contributed by atoms with E-state index >= 15 is 0 Å². The van der Waals surface area contributed by atoms with E-state index in [2.05, 4.69) is 0 Å². The van der Waals surface area contributed by atoms with Crippen LogP contribution in [-0.4, -0.2) is 28.0 Å². The summed E-state index contributed by atoms with van der Waals surface area (Å²) in [5, 5.41) is 30.3. The largest absolute Gasteiger partial charge is 0.507 e. The summed E-state index contributed by atoms with van der Waals surface area (Å²) in [4.78, 5) is 11.8. The molecule has 2 rings (SSSR count). The third-order valence-electron chi connectivity index (χ3n) is 4.45. The summed E-state index contributed by atoms with van der Waals surface area (Å²) in [6.45, 7) is 6.75. The molecule has 3 atom stereocenters. The van der Waals surface area contributed by atoms with E-state index < -0.39 is 17.3 Å². The Bertz CT molecular complexity index is 666. The summed E-state index contributed by atoms with van der Waals surface area (Å²) < 4.78 is 11.0. The Morgan fingerprint density at radius 1 is 1.52 bits per heavy atom. The van der Waals surface area contributed by atoms with Crippen molar-refractivity contribution in [1.29, 1.82) is 0 Å². The van der Waals surface area contributed by atoms with Gasteiger partial charge >= 0.3 is 5.63 Å². The highest BCUT2D eigenvalue weighted by atomic mass is 16.5. The molecule has 0 saturated carbocycles. The van der Waals surface area contributed by atoms with Gasteiger partial charge in [-0.3, -0.25) is 0 Å². The van der Waals surface area contributed by atoms with Gasteiger partial charge in [0.05, 0.1) is 17.7 Å². The fourth-order valence-corrected chi connectivity index (χ4v) is 2.99. The van der Waals surface area contributed by atoms with Gasteiger partial charge in [0.15, 0.2) is 5.76 Å². The highest BCUT2D eigenvalue weighted by molar-refractivity contribution is 5.43. The quantitative estimate of drug-likeness (QED) is 0.729. The molecule has 0 radical (unpaired) electrons. The molecular weight excluding hydrogens is 300 g/mol. The third-order valence-corrected chi connectivity index (χ3v) is 4.45. The van der Waals surface area contributed by atoms with Crippen molar-refractivity contribution in [2.45, 2.75) is 52.4 Å². The van der Waals surface area contributed by atoms with Crippen LogP contribution in [0.4, 0.5) is 0 Å². The highest BCUT2D eigenvalue weighted by Gasteiger charge is 2.45. The second kappa shape index (κ2) is 6.47. The van der Waals surface area contributed by atoms with E-state index in [0.717, 1.165) is 12.0 Å². The second-order valence-electron chi connectivity index (χ2n) is 6.27. The van der Waals surface area contributed by atoms with E-state index in [-0.39, 0.29) is 36.2 Å². The molecule has 1 aromatic rings. The van der Waals surface area contributed by atoms with E-state index in [1.165, 1.54) is 13.8 Å². The summed E-state index contributed by atoms with van der Waals surface area (Å²) in [6, 6.07) is 0. The van der Waals surface area contributed by atoms with Crippen LogP contribution < -0.4 is 5.63 Å². The molecular formula is C17H24O6. The number of ether oxygens (including phenoxy) is 1. The molecule has 23 heavy (non-hydrogen) atoms. The number of rotatable bonds is 4. The van der Waals surface area contributed by atoms with Crippen molar-refractivity contribution >= 4 is 0 Å². The molecule has 6 nitrogen and oxygen atoms in total. The first-order chi connectivity index (χ1) is 10.7. The molecule has 1 aliphatic heterocycles. The summed E-state index contributed by atoms with van der Waals surface area (Å²) in [5.41, 5.74) is -1.13. The van der Waals surface area contributed by atoms with Gasteiger partial charge in [-0.2, -0.15) is 0 Å². The van der Waals surface area contributed by atoms with E-state index in [9.17, 15) is 20.1 Å². The van der Waals surface area contributed by atoms with Gasteiger partial charge < -0.3 is 24.5 Å². The average molecular weight is 324 g/mol. The molecule has 0 aliphatic carbocycles. The molecule has 0 unspecified atom stereocenters. The first kappa shape index (κ1) is 17.7. The van der Waals surface area contributed by atoms with Crippen LogP contribution in [0.25, 0.3) is 0 Å². The smallest absolute Gasteiger partial charge is 0.342 e. The molecule has 0 bridgehead atoms. The van der Waals surface area contributed by atoms with Crippen molar-refractivity contribution in [3.05, 3.63) is 39.0 Å². The average Bonchev–Trinajstić information content (AvgIpc) is 2.51. The molecule has 0 amide bonds. The van der Waals surface area contributed by atoms with Gasteiger partial charge in [-0.1, -0.05) is 13.0 Å². The lowest BCUT2D eigenvalue weighted by atomic mass is 9.84. The van der Waals surface area contributed by atoms with E-state index in [0.29, 0.717) is 5.56 Å². The molecule has 2 heterocycles. The van der Waals surface area contributed by atoms with Gasteiger partial charge in [0.1, 0.15) is 17.5 Å². The van der Waals surface area contributed by atoms with Gasteiger partial charge in [0.25, 0.3) is 0 Å². The first-order valence-electron chi connectivity index (χ1n) is 7.73. The van der Waals surface area contributed by atoms with Crippen LogP contribution in [0.5, 0.6) is 5.75 Å². The maximum absolute atomic E-state index is 11.8. The Morgan fingerprint density at radius 3 is 2.74 bits per heavy atom. The summed E-state index contributed by atoms with van der Waals surface area (Å²) in [7, 11) is 0. The first-order valence-corrected chi connectivity index (χ1v) is 7.73. The zero-order valence-electron chi connectivity index (χ0n) is 13.9. The van der Waals surface area contributed by atoms with E-state index in [1.54, 1.807) is 6.92 Å². The Balaban J connectivity index is 2.48. The molecule has 1 aliphatic rings. The van der Waals surface area contributed by atoms with Gasteiger partial charge in [-0.25, -0.2) is 4.79 Å². The van der Waals surface area contributed by atoms with Gasteiger partial charge in [0.2, 0.25) is 0 Å². The normalized spacial score (nSPS) is 26.0. The lowest BCUT2D eigenvalue weighted by molar-refractivity contribution is -0.122. The number of fused-ring (bicyclic) bond motifs is 1. The summed E-state index contributed by atoms with van der Waals surface area (Å²) >= 11 is 0. The van der Waals surface area contributed by atoms with Crippen molar-refractivity contribution in [3.8, 4) is 5.75 Å². The van der Waals surface area contributed by atoms with Crippen molar-refractivity contribution in [2.24, 2.45) is 5.92 Å². The topological polar surface area (TPSA) is 100 Å². The number of aromatic hydroxyl groups is 1. The lowest BCUT2D eigenvalue weighted by Crippen LogP contribution is -2.44. The van der Waals surface area contributed by atoms with Gasteiger partial charge in [-0.05, 0) is 32.8 Å². The van der Waals surface area contributed by atoms with Crippen molar-refractivity contribution in [1.82, 2.24) is 0 Å². The van der Waals surface area contributed by atoms with Crippen LogP contribution in [0.15, 0.2) is 20.9 Å². The molecule has 0 spiro atoms. The number of aliphatic hydroxyl groups excluding tert-OH is 1. The Morgan fingerprint density at radius 2 is 2.17 bits per heavy atom. The summed E-state index contributed by atoms with van der Waals surface area (Å²) in [6.07, 6.45) is 1.89. The number of hydrogen-bond donors (Lipinski definition) is 3. The van der Waals surface area contributed by atoms with Crippen LogP contribution in [0.3, 0.4) is 0 Å². The Hall–Kier alpha value is -1.63. The van der Waals surface area contributed by atoms with Gasteiger partial charge in [-0.15, -0.1) is 0 Å². The molecule has 0 saturated heterocycles. The minimum atomic E-state index is -1.59. The van der Waals surface area contributed by atoms with Crippen LogP contribution in [0.1, 0.15) is 44.1 Å². The van der Waals surface area contributed by atoms with Crippen molar-refractivity contribution in [2.75, 3.05) is 6.61 Å². The predicted molar refractivity (Wildman–Crippen MR) is 84.2 cm³/mol. The highest BCUT2D eigenvalue weighted by Crippen LogP contribution is 2.41. The Labute approximate surface area is 135 Å². The standard InChI is InChI=1S/C17H24O6/c1-5-11(7-18)6-9(2)14-17(4,21)15-12(8-22-14)13(19)10(3)16(20)23-15/h6,11,14,18-19,21H,5,7-8H2,1-4H3/b9-6+/t11-,14+,17-/m1/s1. The zero-order valence-corrected chi connectivity index (χ0v) is 13.9. The second-order valence-corrected chi connectivity index (χ2v) is 6.27. The zero-order chi connectivity index (χ0) is 17.4. The van der Waals surface area contributed by atoms with E-state index in [4.69, 9.17) is 9.15 Å². The fourth-order valence-electron chi connectivity index (χ4n) is 2.99. The monoisotopic (exact) mass is 324 g/mol. The minimum Gasteiger partial charge on any atom is -0.507 e. The maximum Gasteiger partial charge on any atom is 0.342 e. The predicted octanol–water partition coefficient (Wildman–Crippen LogP) is 1.72. The SMILES string of the molecule is CC[C@H](/C=C(\C)[C@@H]1OCc2c(oc(=O)c(C)c2O)[C@]1(C)O)CO. The van der Waals surface area contributed by atoms with Crippen molar-refractivity contribution < 1.29 is 24.5 Å². The van der Waals surface area contributed by atoms with Crippen molar-refractivity contribution in [3.63, 3.8) is 0 Å². The van der Waals surface area contributed by atoms with E-state index in [1.807, 2.05) is 13.0 Å². The fraction of sp³-hybridized carbons (Fsp3) is 0.588. The number of aliphatic hydroxyl groups is 2. The molecule has 0 aromatic carbocycles. The molecule has 3 N–H and O–H groups in total. The van der Waals surface area contributed by atoms with Crippen LogP contribution in [0, 0.1) is 12.8 Å².